The average molecular weight is 204 g/mol. The Bertz CT molecular complexity index is 350. The average Bonchev–Trinajstić information content (AvgIpc) is 2.29. The number of fused-ring (bicyclic) bond motifs is 2. The van der Waals surface area contributed by atoms with E-state index in [4.69, 9.17) is 5.73 Å². The monoisotopic (exact) mass is 204 g/mol. The molecule has 2 bridgehead atoms. The Morgan fingerprint density at radius 2 is 1.73 bits per heavy atom. The topological polar surface area (TPSA) is 49.5 Å². The van der Waals surface area contributed by atoms with Gasteiger partial charge in [-0.2, -0.15) is 0 Å². The number of aliphatic hydroxyl groups excluding tert-OH is 1. The highest BCUT2D eigenvalue weighted by Gasteiger charge is 2.45. The van der Waals surface area contributed by atoms with Crippen molar-refractivity contribution in [1.82, 2.24) is 0 Å². The van der Waals surface area contributed by atoms with E-state index >= 15 is 0 Å². The molecule has 3 atom stereocenters. The lowest BCUT2D eigenvalue weighted by Crippen LogP contribution is -2.58. The van der Waals surface area contributed by atoms with Gasteiger partial charge in [0.25, 0.3) is 0 Å². The third kappa shape index (κ3) is 1.38. The molecule has 0 radical (unpaired) electrons. The van der Waals surface area contributed by atoms with Crippen molar-refractivity contribution in [2.45, 2.75) is 12.5 Å². The summed E-state index contributed by atoms with van der Waals surface area (Å²) < 4.78 is 0. The van der Waals surface area contributed by atoms with Crippen molar-refractivity contribution in [3.05, 3.63) is 24.3 Å². The second kappa shape index (κ2) is 3.14. The third-order valence-electron chi connectivity index (χ3n) is 3.74. The maximum absolute atomic E-state index is 9.69. The molecule has 15 heavy (non-hydrogen) atoms. The molecule has 1 aromatic carbocycles. The molecule has 0 amide bonds. The fraction of sp³-hybridized carbons (Fsp3) is 0.500. The van der Waals surface area contributed by atoms with Crippen LogP contribution in [0.1, 0.15) is 6.42 Å². The first-order valence-electron chi connectivity index (χ1n) is 5.52. The molecule has 2 aliphatic heterocycles. The molecule has 3 heteroatoms. The summed E-state index contributed by atoms with van der Waals surface area (Å²) in [5.41, 5.74) is 7.69. The predicted octanol–water partition coefficient (Wildman–Crippen LogP) is 1.09. The SMILES string of the molecule is Nc1ccc(N2C[C@H]3C[C@@H](C2)C3O)cc1. The summed E-state index contributed by atoms with van der Waals surface area (Å²) in [6.07, 6.45) is 1.15. The molecule has 4 rings (SSSR count). The van der Waals surface area contributed by atoms with Gasteiger partial charge in [-0.05, 0) is 30.7 Å². The van der Waals surface area contributed by atoms with E-state index in [2.05, 4.69) is 17.0 Å². The van der Waals surface area contributed by atoms with E-state index in [0.717, 1.165) is 18.8 Å². The Morgan fingerprint density at radius 3 is 2.27 bits per heavy atom. The number of benzene rings is 1. The van der Waals surface area contributed by atoms with Crippen LogP contribution in [0.15, 0.2) is 24.3 Å². The minimum absolute atomic E-state index is 0.0463. The van der Waals surface area contributed by atoms with E-state index in [0.29, 0.717) is 11.8 Å². The molecular weight excluding hydrogens is 188 g/mol. The van der Waals surface area contributed by atoms with Crippen molar-refractivity contribution >= 4 is 11.4 Å². The Labute approximate surface area is 89.5 Å². The summed E-state index contributed by atoms with van der Waals surface area (Å²) in [5.74, 6) is 0.975. The zero-order valence-corrected chi connectivity index (χ0v) is 8.63. The maximum Gasteiger partial charge on any atom is 0.0630 e. The van der Waals surface area contributed by atoms with E-state index in [-0.39, 0.29) is 6.10 Å². The first-order valence-corrected chi connectivity index (χ1v) is 5.52. The Balaban J connectivity index is 1.77. The van der Waals surface area contributed by atoms with Gasteiger partial charge in [0.15, 0.2) is 0 Å². The maximum atomic E-state index is 9.69. The van der Waals surface area contributed by atoms with Gasteiger partial charge in [-0.1, -0.05) is 0 Å². The second-order valence-electron chi connectivity index (χ2n) is 4.74. The highest BCUT2D eigenvalue weighted by Crippen LogP contribution is 2.41. The minimum Gasteiger partial charge on any atom is -0.399 e. The van der Waals surface area contributed by atoms with Crippen LogP contribution in [0.4, 0.5) is 11.4 Å². The lowest BCUT2D eigenvalue weighted by Gasteiger charge is -2.51. The molecule has 80 valence electrons. The van der Waals surface area contributed by atoms with Gasteiger partial charge in [0, 0.05) is 36.3 Å². The fourth-order valence-corrected chi connectivity index (χ4v) is 2.76. The molecule has 3 aliphatic rings. The van der Waals surface area contributed by atoms with E-state index in [9.17, 15) is 5.11 Å². The van der Waals surface area contributed by atoms with Crippen LogP contribution in [-0.2, 0) is 0 Å². The van der Waals surface area contributed by atoms with E-state index in [1.807, 2.05) is 12.1 Å². The number of rotatable bonds is 1. The molecule has 1 aliphatic carbocycles. The van der Waals surface area contributed by atoms with Crippen LogP contribution in [0, 0.1) is 11.8 Å². The van der Waals surface area contributed by atoms with Crippen molar-refractivity contribution in [3.63, 3.8) is 0 Å². The number of nitrogens with zero attached hydrogens (tertiary/aromatic N) is 1. The molecule has 3 nitrogen and oxygen atoms in total. The first-order chi connectivity index (χ1) is 7.24. The van der Waals surface area contributed by atoms with Gasteiger partial charge in [-0.25, -0.2) is 0 Å². The molecule has 2 heterocycles. The molecule has 0 aromatic heterocycles. The van der Waals surface area contributed by atoms with Crippen molar-refractivity contribution < 1.29 is 5.11 Å². The van der Waals surface area contributed by atoms with Crippen LogP contribution in [-0.4, -0.2) is 24.3 Å². The summed E-state index contributed by atoms with van der Waals surface area (Å²) in [7, 11) is 0. The van der Waals surface area contributed by atoms with Crippen molar-refractivity contribution in [3.8, 4) is 0 Å². The van der Waals surface area contributed by atoms with Crippen LogP contribution in [0.2, 0.25) is 0 Å². The van der Waals surface area contributed by atoms with Gasteiger partial charge < -0.3 is 15.7 Å². The van der Waals surface area contributed by atoms with Crippen LogP contribution < -0.4 is 10.6 Å². The summed E-state index contributed by atoms with van der Waals surface area (Å²) in [6, 6.07) is 8.00. The molecule has 2 saturated heterocycles. The first kappa shape index (κ1) is 9.04. The summed E-state index contributed by atoms with van der Waals surface area (Å²) in [5, 5.41) is 9.69. The summed E-state index contributed by atoms with van der Waals surface area (Å²) >= 11 is 0. The third-order valence-corrected chi connectivity index (χ3v) is 3.74. The number of piperidine rings is 2. The number of hydrogen-bond donors (Lipinski definition) is 2. The van der Waals surface area contributed by atoms with E-state index in [1.54, 1.807) is 0 Å². The molecule has 3 N–H and O–H groups in total. The number of anilines is 2. The van der Waals surface area contributed by atoms with Crippen LogP contribution in [0.5, 0.6) is 0 Å². The van der Waals surface area contributed by atoms with Gasteiger partial charge >= 0.3 is 0 Å². The number of hydrogen-bond acceptors (Lipinski definition) is 3. The van der Waals surface area contributed by atoms with Crippen molar-refractivity contribution in [1.29, 1.82) is 0 Å². The highest BCUT2D eigenvalue weighted by molar-refractivity contribution is 5.53. The van der Waals surface area contributed by atoms with Gasteiger partial charge in [0.05, 0.1) is 6.10 Å². The van der Waals surface area contributed by atoms with Crippen molar-refractivity contribution in [2.75, 3.05) is 23.7 Å². The number of nitrogen functional groups attached to an aromatic ring is 1. The van der Waals surface area contributed by atoms with Gasteiger partial charge in [0.2, 0.25) is 0 Å². The van der Waals surface area contributed by atoms with Gasteiger partial charge in [-0.3, -0.25) is 0 Å². The normalized spacial score (nSPS) is 33.7. The second-order valence-corrected chi connectivity index (χ2v) is 4.74. The highest BCUT2D eigenvalue weighted by atomic mass is 16.3. The molecule has 1 saturated carbocycles. The molecule has 3 fully saturated rings. The zero-order chi connectivity index (χ0) is 10.4. The molecule has 1 aromatic rings. The van der Waals surface area contributed by atoms with Gasteiger partial charge in [-0.15, -0.1) is 0 Å². The lowest BCUT2D eigenvalue weighted by molar-refractivity contribution is -0.0531. The summed E-state index contributed by atoms with van der Waals surface area (Å²) in [4.78, 5) is 2.35. The zero-order valence-electron chi connectivity index (χ0n) is 8.63. The van der Waals surface area contributed by atoms with Crippen LogP contribution in [0.3, 0.4) is 0 Å². The standard InChI is InChI=1S/C12H16N2O/c13-10-1-3-11(4-2-10)14-6-8-5-9(7-14)12(8)15/h1-4,8-9,12,15H,5-7,13H2/t8-,9+,12?. The fourth-order valence-electron chi connectivity index (χ4n) is 2.76. The Kier molecular flexibility index (Phi) is 1.89. The molecule has 1 unspecified atom stereocenters. The smallest absolute Gasteiger partial charge is 0.0630 e. The van der Waals surface area contributed by atoms with E-state index < -0.39 is 0 Å². The predicted molar refractivity (Wildman–Crippen MR) is 60.7 cm³/mol. The van der Waals surface area contributed by atoms with Crippen LogP contribution in [0.25, 0.3) is 0 Å². The number of aliphatic hydroxyl groups is 1. The molecule has 0 spiro atoms. The Hall–Kier alpha value is -1.22. The lowest BCUT2D eigenvalue weighted by atomic mass is 9.68. The quantitative estimate of drug-likeness (QED) is 0.673. The largest absolute Gasteiger partial charge is 0.399 e. The van der Waals surface area contributed by atoms with Crippen molar-refractivity contribution in [2.24, 2.45) is 11.8 Å². The van der Waals surface area contributed by atoms with Gasteiger partial charge in [0.1, 0.15) is 0 Å². The summed E-state index contributed by atoms with van der Waals surface area (Å²) in [6.45, 7) is 1.98. The number of nitrogens with two attached hydrogens (primary N) is 1. The molecular formula is C12H16N2O. The van der Waals surface area contributed by atoms with E-state index in [1.165, 1.54) is 12.1 Å². The minimum atomic E-state index is -0.0463. The van der Waals surface area contributed by atoms with Crippen LogP contribution >= 0.6 is 0 Å². The Morgan fingerprint density at radius 1 is 1.13 bits per heavy atom.